The van der Waals surface area contributed by atoms with Crippen LogP contribution in [0.3, 0.4) is 0 Å². The van der Waals surface area contributed by atoms with Crippen molar-refractivity contribution in [2.24, 2.45) is 0 Å². The Morgan fingerprint density at radius 2 is 0.833 bits per heavy atom. The zero-order chi connectivity index (χ0) is 23.2. The number of ether oxygens (including phenoxy) is 2. The van der Waals surface area contributed by atoms with Crippen molar-refractivity contribution in [3.63, 3.8) is 0 Å². The SMILES string of the molecule is C[As](C)SCC1OC(O)C(O)C(O)C1O.C[As](C)SCC1OC(O)C(O)C(O)C1O. The third kappa shape index (κ3) is 8.99. The first-order valence-electron chi connectivity index (χ1n) is 9.22. The van der Waals surface area contributed by atoms with E-state index >= 15 is 0 Å². The van der Waals surface area contributed by atoms with Gasteiger partial charge in [-0.05, 0) is 0 Å². The molecule has 2 aliphatic rings. The number of hydrogen-bond acceptors (Lipinski definition) is 12. The van der Waals surface area contributed by atoms with Crippen LogP contribution in [-0.2, 0) is 9.47 Å². The van der Waals surface area contributed by atoms with E-state index < -0.39 is 88.4 Å². The Morgan fingerprint density at radius 3 is 1.10 bits per heavy atom. The summed E-state index contributed by atoms with van der Waals surface area (Å²) < 4.78 is 10.1. The van der Waals surface area contributed by atoms with Gasteiger partial charge in [-0.15, -0.1) is 0 Å². The molecule has 180 valence electrons. The van der Waals surface area contributed by atoms with Crippen LogP contribution in [0.25, 0.3) is 0 Å². The van der Waals surface area contributed by atoms with Gasteiger partial charge in [0.1, 0.15) is 0 Å². The fraction of sp³-hybridized carbons (Fsp3) is 1.00. The molecule has 10 atom stereocenters. The molecule has 2 fully saturated rings. The van der Waals surface area contributed by atoms with E-state index in [4.69, 9.17) is 9.47 Å². The topological polar surface area (TPSA) is 180 Å². The molecule has 8 N–H and O–H groups in total. The van der Waals surface area contributed by atoms with Crippen molar-refractivity contribution in [2.45, 2.75) is 84.3 Å². The Hall–Kier alpha value is 1.42. The van der Waals surface area contributed by atoms with Crippen LogP contribution in [0.1, 0.15) is 0 Å². The number of aliphatic hydroxyl groups excluding tert-OH is 8. The first kappa shape index (κ1) is 29.4. The number of rotatable bonds is 6. The van der Waals surface area contributed by atoms with Gasteiger partial charge in [0.05, 0.1) is 0 Å². The summed E-state index contributed by atoms with van der Waals surface area (Å²) in [6.07, 6.45) is -11.9. The Labute approximate surface area is 192 Å². The van der Waals surface area contributed by atoms with Crippen molar-refractivity contribution in [1.82, 2.24) is 0 Å². The molecule has 0 saturated carbocycles. The Kier molecular flexibility index (Phi) is 13.7. The summed E-state index contributed by atoms with van der Waals surface area (Å²) >= 11 is -1.77. The second kappa shape index (κ2) is 14.0. The van der Waals surface area contributed by atoms with E-state index in [1.54, 1.807) is 20.0 Å². The van der Waals surface area contributed by atoms with E-state index in [9.17, 15) is 40.9 Å². The summed E-state index contributed by atoms with van der Waals surface area (Å²) in [5.74, 6) is 1.07. The third-order valence-electron chi connectivity index (χ3n) is 4.37. The molecule has 2 heterocycles. The van der Waals surface area contributed by atoms with Crippen LogP contribution in [0.5, 0.6) is 0 Å². The molecular formula is C16H34As2O10S2. The van der Waals surface area contributed by atoms with Crippen LogP contribution in [0.15, 0.2) is 0 Å². The van der Waals surface area contributed by atoms with Gasteiger partial charge in [-0.2, -0.15) is 0 Å². The third-order valence-corrected chi connectivity index (χ3v) is 14.7. The fourth-order valence-electron chi connectivity index (χ4n) is 2.58. The van der Waals surface area contributed by atoms with E-state index in [-0.39, 0.29) is 0 Å². The van der Waals surface area contributed by atoms with Crippen LogP contribution in [-0.4, -0.2) is 141 Å². The van der Waals surface area contributed by atoms with Gasteiger partial charge in [0, 0.05) is 0 Å². The molecule has 0 aromatic heterocycles. The molecule has 2 saturated heterocycles. The van der Waals surface area contributed by atoms with Gasteiger partial charge in [-0.3, -0.25) is 0 Å². The minimum atomic E-state index is -1.43. The summed E-state index contributed by atoms with van der Waals surface area (Å²) in [5, 5.41) is 75.0. The molecule has 0 amide bonds. The van der Waals surface area contributed by atoms with Crippen LogP contribution in [0, 0.1) is 0 Å². The first-order valence-corrected chi connectivity index (χ1v) is 23.2. The van der Waals surface area contributed by atoms with E-state index in [1.165, 1.54) is 0 Å². The molecule has 0 aromatic rings. The van der Waals surface area contributed by atoms with Crippen LogP contribution < -0.4 is 0 Å². The molecule has 0 aliphatic carbocycles. The molecule has 30 heavy (non-hydrogen) atoms. The van der Waals surface area contributed by atoms with Crippen molar-refractivity contribution in [1.29, 1.82) is 0 Å². The average Bonchev–Trinajstić information content (AvgIpc) is 2.68. The second-order valence-corrected chi connectivity index (χ2v) is 26.1. The van der Waals surface area contributed by atoms with Gasteiger partial charge < -0.3 is 0 Å². The van der Waals surface area contributed by atoms with Gasteiger partial charge in [-0.1, -0.05) is 0 Å². The van der Waals surface area contributed by atoms with Gasteiger partial charge in [0.15, 0.2) is 0 Å². The van der Waals surface area contributed by atoms with E-state index in [1.807, 2.05) is 0 Å². The quantitative estimate of drug-likeness (QED) is 0.151. The number of hydrogen-bond donors (Lipinski definition) is 8. The molecule has 0 aromatic carbocycles. The predicted molar refractivity (Wildman–Crippen MR) is 118 cm³/mol. The second-order valence-electron chi connectivity index (χ2n) is 7.29. The molecule has 2 rings (SSSR count). The summed E-state index contributed by atoms with van der Waals surface area (Å²) in [4.78, 5) is 0. The zero-order valence-electron chi connectivity index (χ0n) is 17.3. The first-order chi connectivity index (χ1) is 13.9. The van der Waals surface area contributed by atoms with E-state index in [0.717, 1.165) is 0 Å². The Bertz CT molecular complexity index is 453. The maximum absolute atomic E-state index is 9.60. The number of aliphatic hydroxyl groups is 8. The van der Waals surface area contributed by atoms with Gasteiger partial charge in [0.2, 0.25) is 0 Å². The molecule has 14 heteroatoms. The minimum absolute atomic E-state index is 0.537. The molecule has 0 spiro atoms. The Balaban J connectivity index is 0.000000300. The van der Waals surface area contributed by atoms with Crippen molar-refractivity contribution in [3.05, 3.63) is 0 Å². The van der Waals surface area contributed by atoms with Crippen molar-refractivity contribution < 1.29 is 50.3 Å². The normalized spacial score (nSPS) is 42.2. The predicted octanol–water partition coefficient (Wildman–Crippen LogP) is -2.46. The van der Waals surface area contributed by atoms with Crippen LogP contribution in [0.2, 0.25) is 22.8 Å². The Morgan fingerprint density at radius 1 is 0.533 bits per heavy atom. The van der Waals surface area contributed by atoms with Crippen molar-refractivity contribution in [2.75, 3.05) is 11.5 Å². The molecule has 2 aliphatic heterocycles. The fourth-order valence-corrected chi connectivity index (χ4v) is 9.63. The summed E-state index contributed by atoms with van der Waals surface area (Å²) in [5.41, 5.74) is 8.59. The van der Waals surface area contributed by atoms with E-state index in [2.05, 4.69) is 22.8 Å². The molecule has 0 radical (unpaired) electrons. The molecular weight excluding hydrogens is 566 g/mol. The average molecular weight is 600 g/mol. The molecule has 10 unspecified atom stereocenters. The monoisotopic (exact) mass is 600 g/mol. The zero-order valence-corrected chi connectivity index (χ0v) is 22.7. The van der Waals surface area contributed by atoms with Crippen molar-refractivity contribution in [3.8, 4) is 0 Å². The van der Waals surface area contributed by atoms with Crippen LogP contribution >= 0.6 is 20.0 Å². The van der Waals surface area contributed by atoms with Crippen LogP contribution in [0.4, 0.5) is 0 Å². The molecule has 0 bridgehead atoms. The van der Waals surface area contributed by atoms with Crippen molar-refractivity contribution >= 4 is 47.0 Å². The summed E-state index contributed by atoms with van der Waals surface area (Å²) in [7, 11) is 3.41. The van der Waals surface area contributed by atoms with E-state index in [0.29, 0.717) is 11.5 Å². The maximum atomic E-state index is 9.60. The van der Waals surface area contributed by atoms with Gasteiger partial charge in [0.25, 0.3) is 0 Å². The summed E-state index contributed by atoms with van der Waals surface area (Å²) in [6, 6.07) is 0. The standard InChI is InChI=1S/2C8H17AsO5S/c2*1-9(2)15-3-4-5(10)6(11)7(12)8(13)14-4/h2*4-8,10-13H,3H2,1-2H3. The van der Waals surface area contributed by atoms with Gasteiger partial charge in [-0.25, -0.2) is 0 Å². The molecule has 10 nitrogen and oxygen atoms in total. The summed E-state index contributed by atoms with van der Waals surface area (Å²) in [6.45, 7) is 0. The van der Waals surface area contributed by atoms with Gasteiger partial charge >= 0.3 is 193 Å².